The summed E-state index contributed by atoms with van der Waals surface area (Å²) < 4.78 is 9.92. The van der Waals surface area contributed by atoms with Crippen LogP contribution in [-0.4, -0.2) is 79.0 Å². The van der Waals surface area contributed by atoms with Crippen LogP contribution in [-0.2, 0) is 14.3 Å². The summed E-state index contributed by atoms with van der Waals surface area (Å²) in [6.07, 6.45) is -0.580. The zero-order valence-electron chi connectivity index (χ0n) is 9.50. The first-order valence-electron chi connectivity index (χ1n) is 5.62. The fraction of sp³-hybridized carbons (Fsp3) is 0.800. The van der Waals surface area contributed by atoms with Crippen molar-refractivity contribution >= 4 is 12.0 Å². The molecule has 0 spiro atoms. The van der Waals surface area contributed by atoms with Gasteiger partial charge in [-0.25, -0.2) is 9.69 Å². The number of aliphatic hydroxyl groups excluding tert-OH is 1. The zero-order valence-corrected chi connectivity index (χ0v) is 9.50. The third-order valence-electron chi connectivity index (χ3n) is 2.96. The van der Waals surface area contributed by atoms with Crippen molar-refractivity contribution in [3.8, 4) is 0 Å². The number of aliphatic hydroxyl groups is 1. The molecule has 0 aliphatic carbocycles. The molecule has 2 amide bonds. The highest BCUT2D eigenvalue weighted by atomic mass is 16.6. The molecule has 0 saturated carbocycles. The molecule has 2 fully saturated rings. The maximum absolute atomic E-state index is 11.8. The molecule has 1 N–H and O–H groups in total. The molecule has 1 unspecified atom stereocenters. The van der Waals surface area contributed by atoms with Crippen LogP contribution in [0.1, 0.15) is 0 Å². The third kappa shape index (κ3) is 2.74. The Bertz CT molecular complexity index is 309. The summed E-state index contributed by atoms with van der Waals surface area (Å²) in [5, 5.41) is 9.15. The Balaban J connectivity index is 1.90. The van der Waals surface area contributed by atoms with Crippen LogP contribution in [0.3, 0.4) is 0 Å². The van der Waals surface area contributed by atoms with Gasteiger partial charge in [0.2, 0.25) is 5.91 Å². The predicted molar refractivity (Wildman–Crippen MR) is 56.3 cm³/mol. The number of morpholine rings is 1. The second-order valence-corrected chi connectivity index (χ2v) is 4.04. The van der Waals surface area contributed by atoms with Crippen LogP contribution >= 0.6 is 0 Å². The summed E-state index contributed by atoms with van der Waals surface area (Å²) in [5.41, 5.74) is 0. The standard InChI is InChI=1S/C10H16N2O5/c13-6-8-7-16-3-1-11(8)5-9(14)12-2-4-17-10(12)15/h8,13H,1-7H2. The molecular formula is C10H16N2O5. The van der Waals surface area contributed by atoms with Gasteiger partial charge in [-0.1, -0.05) is 0 Å². The highest BCUT2D eigenvalue weighted by Gasteiger charge is 2.31. The molecule has 2 aliphatic rings. The molecule has 2 rings (SSSR count). The van der Waals surface area contributed by atoms with Crippen LogP contribution in [0.5, 0.6) is 0 Å². The summed E-state index contributed by atoms with van der Waals surface area (Å²) in [5.74, 6) is -0.284. The molecule has 2 saturated heterocycles. The molecular weight excluding hydrogens is 228 g/mol. The van der Waals surface area contributed by atoms with Gasteiger partial charge in [-0.2, -0.15) is 0 Å². The van der Waals surface area contributed by atoms with E-state index in [9.17, 15) is 9.59 Å². The van der Waals surface area contributed by atoms with E-state index in [0.717, 1.165) is 4.90 Å². The minimum atomic E-state index is -0.580. The van der Waals surface area contributed by atoms with Crippen molar-refractivity contribution in [3.05, 3.63) is 0 Å². The fourth-order valence-electron chi connectivity index (χ4n) is 1.94. The fourth-order valence-corrected chi connectivity index (χ4v) is 1.94. The van der Waals surface area contributed by atoms with Gasteiger partial charge < -0.3 is 14.6 Å². The number of carbonyl (C=O) groups is 2. The van der Waals surface area contributed by atoms with Crippen LogP contribution in [0.15, 0.2) is 0 Å². The Hall–Kier alpha value is -1.18. The number of cyclic esters (lactones) is 1. The van der Waals surface area contributed by atoms with E-state index in [1.807, 2.05) is 4.90 Å². The Labute approximate surface area is 98.9 Å². The molecule has 7 heteroatoms. The van der Waals surface area contributed by atoms with E-state index < -0.39 is 6.09 Å². The molecule has 0 aromatic rings. The van der Waals surface area contributed by atoms with Gasteiger partial charge in [0, 0.05) is 6.54 Å². The molecule has 2 heterocycles. The molecule has 0 radical (unpaired) electrons. The van der Waals surface area contributed by atoms with Gasteiger partial charge in [-0.05, 0) is 0 Å². The van der Waals surface area contributed by atoms with Crippen molar-refractivity contribution in [2.24, 2.45) is 0 Å². The maximum atomic E-state index is 11.8. The van der Waals surface area contributed by atoms with E-state index in [1.165, 1.54) is 0 Å². The lowest BCUT2D eigenvalue weighted by molar-refractivity contribution is -0.131. The molecule has 0 aromatic heterocycles. The first kappa shape index (κ1) is 12.3. The van der Waals surface area contributed by atoms with Gasteiger partial charge in [0.1, 0.15) is 6.61 Å². The van der Waals surface area contributed by atoms with Gasteiger partial charge in [0.05, 0.1) is 39.0 Å². The first-order chi connectivity index (χ1) is 8.22. The summed E-state index contributed by atoms with van der Waals surface area (Å²) in [6, 6.07) is -0.175. The maximum Gasteiger partial charge on any atom is 0.416 e. The molecule has 96 valence electrons. The second kappa shape index (κ2) is 5.44. The average molecular weight is 244 g/mol. The molecule has 7 nitrogen and oxygen atoms in total. The molecule has 17 heavy (non-hydrogen) atoms. The lowest BCUT2D eigenvalue weighted by Crippen LogP contribution is -2.51. The lowest BCUT2D eigenvalue weighted by Gasteiger charge is -2.34. The quantitative estimate of drug-likeness (QED) is 0.662. The third-order valence-corrected chi connectivity index (χ3v) is 2.96. The Morgan fingerprint density at radius 1 is 1.41 bits per heavy atom. The van der Waals surface area contributed by atoms with Gasteiger partial charge in [-0.15, -0.1) is 0 Å². The van der Waals surface area contributed by atoms with Crippen molar-refractivity contribution < 1.29 is 24.2 Å². The van der Waals surface area contributed by atoms with Gasteiger partial charge >= 0.3 is 6.09 Å². The van der Waals surface area contributed by atoms with Crippen LogP contribution in [0.4, 0.5) is 4.79 Å². The molecule has 1 atom stereocenters. The van der Waals surface area contributed by atoms with Crippen molar-refractivity contribution in [1.82, 2.24) is 9.80 Å². The number of hydrogen-bond donors (Lipinski definition) is 1. The van der Waals surface area contributed by atoms with Crippen molar-refractivity contribution in [2.75, 3.05) is 46.1 Å². The Morgan fingerprint density at radius 3 is 2.88 bits per heavy atom. The van der Waals surface area contributed by atoms with Crippen LogP contribution in [0.2, 0.25) is 0 Å². The lowest BCUT2D eigenvalue weighted by atomic mass is 10.2. The Morgan fingerprint density at radius 2 is 2.24 bits per heavy atom. The van der Waals surface area contributed by atoms with Crippen LogP contribution < -0.4 is 0 Å². The smallest absolute Gasteiger partial charge is 0.416 e. The van der Waals surface area contributed by atoms with Crippen LogP contribution in [0, 0.1) is 0 Å². The second-order valence-electron chi connectivity index (χ2n) is 4.04. The van der Waals surface area contributed by atoms with E-state index in [0.29, 0.717) is 26.3 Å². The number of nitrogens with zero attached hydrogens (tertiary/aromatic N) is 2. The first-order valence-corrected chi connectivity index (χ1v) is 5.62. The summed E-state index contributed by atoms with van der Waals surface area (Å²) in [7, 11) is 0. The number of imide groups is 1. The van der Waals surface area contributed by atoms with E-state index >= 15 is 0 Å². The summed E-state index contributed by atoms with van der Waals surface area (Å²) in [6.45, 7) is 2.16. The van der Waals surface area contributed by atoms with E-state index in [2.05, 4.69) is 0 Å². The largest absolute Gasteiger partial charge is 0.447 e. The van der Waals surface area contributed by atoms with Gasteiger partial charge in [-0.3, -0.25) is 9.69 Å². The predicted octanol–water partition coefficient (Wildman–Crippen LogP) is -1.34. The number of rotatable bonds is 3. The van der Waals surface area contributed by atoms with E-state index in [4.69, 9.17) is 14.6 Å². The van der Waals surface area contributed by atoms with Crippen molar-refractivity contribution in [3.63, 3.8) is 0 Å². The molecule has 0 aromatic carbocycles. The minimum absolute atomic E-state index is 0.0578. The summed E-state index contributed by atoms with van der Waals surface area (Å²) >= 11 is 0. The Kier molecular flexibility index (Phi) is 3.93. The van der Waals surface area contributed by atoms with Gasteiger partial charge in [0.15, 0.2) is 0 Å². The number of ether oxygens (including phenoxy) is 2. The highest BCUT2D eigenvalue weighted by molar-refractivity contribution is 5.94. The van der Waals surface area contributed by atoms with Crippen molar-refractivity contribution in [1.29, 1.82) is 0 Å². The highest BCUT2D eigenvalue weighted by Crippen LogP contribution is 2.09. The van der Waals surface area contributed by atoms with Crippen molar-refractivity contribution in [2.45, 2.75) is 6.04 Å². The zero-order chi connectivity index (χ0) is 12.3. The minimum Gasteiger partial charge on any atom is -0.447 e. The normalized spacial score (nSPS) is 26.1. The number of hydrogen-bond acceptors (Lipinski definition) is 6. The summed E-state index contributed by atoms with van der Waals surface area (Å²) in [4.78, 5) is 26.0. The SMILES string of the molecule is O=C(CN1CCOCC1CO)N1CCOC1=O. The number of amides is 2. The topological polar surface area (TPSA) is 79.3 Å². The number of carbonyl (C=O) groups excluding carboxylic acids is 2. The van der Waals surface area contributed by atoms with E-state index in [1.54, 1.807) is 0 Å². The van der Waals surface area contributed by atoms with E-state index in [-0.39, 0.29) is 31.7 Å². The average Bonchev–Trinajstić information content (AvgIpc) is 2.76. The molecule has 0 bridgehead atoms. The van der Waals surface area contributed by atoms with Gasteiger partial charge in [0.25, 0.3) is 0 Å². The van der Waals surface area contributed by atoms with Crippen LogP contribution in [0.25, 0.3) is 0 Å². The monoisotopic (exact) mass is 244 g/mol. The molecule has 2 aliphatic heterocycles.